The van der Waals surface area contributed by atoms with Crippen LogP contribution in [0.15, 0.2) is 71.8 Å². The van der Waals surface area contributed by atoms with E-state index in [9.17, 15) is 8.42 Å². The van der Waals surface area contributed by atoms with Crippen LogP contribution in [0.25, 0.3) is 10.9 Å². The molecule has 0 saturated carbocycles. The lowest BCUT2D eigenvalue weighted by Crippen LogP contribution is -2.30. The monoisotopic (exact) mass is 326 g/mol. The summed E-state index contributed by atoms with van der Waals surface area (Å²) >= 11 is 0. The van der Waals surface area contributed by atoms with Gasteiger partial charge in [-0.15, -0.1) is 0 Å². The Kier molecular flexibility index (Phi) is 4.41. The van der Waals surface area contributed by atoms with Crippen molar-refractivity contribution in [2.75, 3.05) is 6.54 Å². The number of sulfonamides is 1. The predicted molar refractivity (Wildman–Crippen MR) is 91.5 cm³/mol. The number of para-hydroxylation sites is 1. The molecule has 0 aliphatic rings. The summed E-state index contributed by atoms with van der Waals surface area (Å²) in [6, 6.07) is 18.5. The molecule has 0 atom stereocenters. The smallest absolute Gasteiger partial charge is 0.245 e. The molecule has 5 heteroatoms. The standard InChI is InChI=1S/C18H18N2O2S/c1-2-20(14-15-8-4-3-5-9-15)23(21,22)17-12-6-10-16-11-7-13-19-18(16)17/h3-13H,2,14H2,1H3. The first-order valence-corrected chi connectivity index (χ1v) is 8.95. The van der Waals surface area contributed by atoms with E-state index in [2.05, 4.69) is 4.98 Å². The normalized spacial score (nSPS) is 11.9. The zero-order valence-corrected chi connectivity index (χ0v) is 13.7. The highest BCUT2D eigenvalue weighted by Gasteiger charge is 2.25. The Hall–Kier alpha value is -2.24. The molecular formula is C18H18N2O2S. The summed E-state index contributed by atoms with van der Waals surface area (Å²) in [5.74, 6) is 0. The van der Waals surface area contributed by atoms with Crippen LogP contribution in [0.4, 0.5) is 0 Å². The molecule has 23 heavy (non-hydrogen) atoms. The quantitative estimate of drug-likeness (QED) is 0.721. The number of fused-ring (bicyclic) bond motifs is 1. The zero-order valence-electron chi connectivity index (χ0n) is 12.9. The molecule has 0 amide bonds. The van der Waals surface area contributed by atoms with Crippen molar-refractivity contribution < 1.29 is 8.42 Å². The van der Waals surface area contributed by atoms with Gasteiger partial charge in [-0.2, -0.15) is 4.31 Å². The van der Waals surface area contributed by atoms with Gasteiger partial charge in [-0.3, -0.25) is 4.98 Å². The van der Waals surface area contributed by atoms with Crippen LogP contribution in [-0.4, -0.2) is 24.3 Å². The van der Waals surface area contributed by atoms with Gasteiger partial charge in [0.05, 0.1) is 5.52 Å². The predicted octanol–water partition coefficient (Wildman–Crippen LogP) is 3.45. The van der Waals surface area contributed by atoms with Gasteiger partial charge in [0, 0.05) is 24.7 Å². The van der Waals surface area contributed by atoms with Gasteiger partial charge in [-0.25, -0.2) is 8.42 Å². The molecule has 0 aliphatic carbocycles. The van der Waals surface area contributed by atoms with Crippen LogP contribution in [0, 0.1) is 0 Å². The number of hydrogen-bond acceptors (Lipinski definition) is 3. The third-order valence-electron chi connectivity index (χ3n) is 3.77. The Morgan fingerprint density at radius 1 is 0.957 bits per heavy atom. The first kappa shape index (κ1) is 15.6. The molecule has 1 heterocycles. The minimum Gasteiger partial charge on any atom is -0.255 e. The maximum Gasteiger partial charge on any atom is 0.245 e. The van der Waals surface area contributed by atoms with Crippen LogP contribution in [0.2, 0.25) is 0 Å². The van der Waals surface area contributed by atoms with Crippen molar-refractivity contribution in [2.45, 2.75) is 18.4 Å². The van der Waals surface area contributed by atoms with Gasteiger partial charge in [-0.1, -0.05) is 55.5 Å². The van der Waals surface area contributed by atoms with Crippen molar-refractivity contribution in [3.63, 3.8) is 0 Å². The first-order chi connectivity index (χ1) is 11.1. The van der Waals surface area contributed by atoms with Gasteiger partial charge in [0.25, 0.3) is 0 Å². The van der Waals surface area contributed by atoms with Gasteiger partial charge in [0.1, 0.15) is 4.90 Å². The molecule has 0 spiro atoms. The summed E-state index contributed by atoms with van der Waals surface area (Å²) in [4.78, 5) is 4.52. The largest absolute Gasteiger partial charge is 0.255 e. The number of benzene rings is 2. The topological polar surface area (TPSA) is 50.3 Å². The molecule has 0 bridgehead atoms. The van der Waals surface area contributed by atoms with E-state index in [1.165, 1.54) is 4.31 Å². The molecule has 3 rings (SSSR count). The molecule has 0 unspecified atom stereocenters. The van der Waals surface area contributed by atoms with Gasteiger partial charge in [0.15, 0.2) is 0 Å². The second-order valence-corrected chi connectivity index (χ2v) is 7.15. The molecule has 118 valence electrons. The van der Waals surface area contributed by atoms with E-state index in [4.69, 9.17) is 0 Å². The van der Waals surface area contributed by atoms with Crippen LogP contribution in [-0.2, 0) is 16.6 Å². The SMILES string of the molecule is CCN(Cc1ccccc1)S(=O)(=O)c1cccc2cccnc12. The highest BCUT2D eigenvalue weighted by atomic mass is 32.2. The summed E-state index contributed by atoms with van der Waals surface area (Å²) in [7, 11) is -3.61. The van der Waals surface area contributed by atoms with E-state index in [0.29, 0.717) is 18.6 Å². The summed E-state index contributed by atoms with van der Waals surface area (Å²) in [6.07, 6.45) is 1.62. The maximum atomic E-state index is 13.1. The number of nitrogens with zero attached hydrogens (tertiary/aromatic N) is 2. The van der Waals surface area contributed by atoms with E-state index >= 15 is 0 Å². The average Bonchev–Trinajstić information content (AvgIpc) is 2.60. The third-order valence-corrected chi connectivity index (χ3v) is 5.72. The summed E-state index contributed by atoms with van der Waals surface area (Å²) in [6.45, 7) is 2.60. The van der Waals surface area contributed by atoms with Crippen molar-refractivity contribution in [2.24, 2.45) is 0 Å². The minimum absolute atomic E-state index is 0.258. The van der Waals surface area contributed by atoms with Crippen molar-refractivity contribution in [1.29, 1.82) is 0 Å². The lowest BCUT2D eigenvalue weighted by Gasteiger charge is -2.21. The molecule has 0 aliphatic heterocycles. The molecule has 1 aromatic heterocycles. The highest BCUT2D eigenvalue weighted by molar-refractivity contribution is 7.89. The van der Waals surface area contributed by atoms with Crippen LogP contribution in [0.3, 0.4) is 0 Å². The van der Waals surface area contributed by atoms with E-state index in [1.807, 2.05) is 49.4 Å². The molecule has 4 nitrogen and oxygen atoms in total. The van der Waals surface area contributed by atoms with Crippen LogP contribution < -0.4 is 0 Å². The molecule has 0 N–H and O–H groups in total. The van der Waals surface area contributed by atoms with Crippen molar-refractivity contribution >= 4 is 20.9 Å². The van der Waals surface area contributed by atoms with Crippen LogP contribution in [0.5, 0.6) is 0 Å². The maximum absolute atomic E-state index is 13.1. The van der Waals surface area contributed by atoms with E-state index < -0.39 is 10.0 Å². The fourth-order valence-corrected chi connectivity index (χ4v) is 4.18. The molecular weight excluding hydrogens is 308 g/mol. The fraction of sp³-hybridized carbons (Fsp3) is 0.167. The molecule has 0 saturated heterocycles. The van der Waals surface area contributed by atoms with E-state index in [0.717, 1.165) is 10.9 Å². The van der Waals surface area contributed by atoms with Crippen molar-refractivity contribution in [1.82, 2.24) is 9.29 Å². The Morgan fingerprint density at radius 3 is 2.43 bits per heavy atom. The average molecular weight is 326 g/mol. The Bertz CT molecular complexity index is 903. The number of pyridine rings is 1. The molecule has 0 radical (unpaired) electrons. The molecule has 2 aromatic carbocycles. The van der Waals surface area contributed by atoms with Crippen LogP contribution >= 0.6 is 0 Å². The third kappa shape index (κ3) is 3.11. The second kappa shape index (κ2) is 6.48. The van der Waals surface area contributed by atoms with Crippen molar-refractivity contribution in [3.8, 4) is 0 Å². The van der Waals surface area contributed by atoms with Gasteiger partial charge < -0.3 is 0 Å². The Balaban J connectivity index is 2.04. The Morgan fingerprint density at radius 2 is 1.70 bits per heavy atom. The molecule has 3 aromatic rings. The second-order valence-electron chi connectivity index (χ2n) is 5.25. The minimum atomic E-state index is -3.61. The Labute approximate surface area is 136 Å². The highest BCUT2D eigenvalue weighted by Crippen LogP contribution is 2.25. The molecule has 0 fully saturated rings. The lowest BCUT2D eigenvalue weighted by atomic mass is 10.2. The summed E-state index contributed by atoms with van der Waals surface area (Å²) < 4.78 is 27.6. The fourth-order valence-electron chi connectivity index (χ4n) is 2.58. The van der Waals surface area contributed by atoms with Gasteiger partial charge in [-0.05, 0) is 17.7 Å². The van der Waals surface area contributed by atoms with E-state index in [1.54, 1.807) is 24.4 Å². The number of aromatic nitrogens is 1. The van der Waals surface area contributed by atoms with Gasteiger partial charge >= 0.3 is 0 Å². The first-order valence-electron chi connectivity index (χ1n) is 7.50. The summed E-state index contributed by atoms with van der Waals surface area (Å²) in [5, 5.41) is 0.823. The van der Waals surface area contributed by atoms with Gasteiger partial charge in [0.2, 0.25) is 10.0 Å². The lowest BCUT2D eigenvalue weighted by molar-refractivity contribution is 0.424. The zero-order chi connectivity index (χ0) is 16.3. The van der Waals surface area contributed by atoms with Crippen molar-refractivity contribution in [3.05, 3.63) is 72.4 Å². The van der Waals surface area contributed by atoms with Crippen LogP contribution in [0.1, 0.15) is 12.5 Å². The summed E-state index contributed by atoms with van der Waals surface area (Å²) in [5.41, 5.74) is 1.48. The number of hydrogen-bond donors (Lipinski definition) is 0. The number of rotatable bonds is 5. The van der Waals surface area contributed by atoms with E-state index in [-0.39, 0.29) is 4.90 Å².